The summed E-state index contributed by atoms with van der Waals surface area (Å²) in [6.45, 7) is 8.63. The Balaban J connectivity index is 1.48. The number of amides is 2. The Morgan fingerprint density at radius 2 is 1.50 bits per heavy atom. The molecule has 2 N–H and O–H groups in total. The summed E-state index contributed by atoms with van der Waals surface area (Å²) in [4.78, 5) is 53.5. The van der Waals surface area contributed by atoms with Crippen molar-refractivity contribution in [2.24, 2.45) is 0 Å². The van der Waals surface area contributed by atoms with Crippen LogP contribution in [0.4, 0.5) is 4.79 Å². The van der Waals surface area contributed by atoms with Gasteiger partial charge < -0.3 is 9.16 Å². The number of imide groups is 1. The fourth-order valence-electron chi connectivity index (χ4n) is 6.03. The molecule has 1 aliphatic rings. The fourth-order valence-corrected chi connectivity index (χ4v) is 12.2. The van der Waals surface area contributed by atoms with Crippen molar-refractivity contribution in [3.05, 3.63) is 129 Å². The standard InChI is InChI=1S/C35H39N3O6SSi/c1-5-24-22-38(33(41)36-31(24)39)30-21-28(44-34(42)37-32(40)25-15-9-6-10-16-25)29(45-30)23-43-46(35(2,3)4,26-17-11-7-12-18-26)27-19-13-8-14-20-27/h6-20,22,28-30H,5,21,23H2,1-4H3,(H,36,39,41)(H,37,40,42)/t28-,29+,30+/m0/s1. The maximum absolute atomic E-state index is 13.1. The van der Waals surface area contributed by atoms with Crippen LogP contribution in [0.15, 0.2) is 107 Å². The normalized spacial score (nSPS) is 18.2. The van der Waals surface area contributed by atoms with Gasteiger partial charge in [-0.2, -0.15) is 0 Å². The third-order valence-corrected chi connectivity index (χ3v) is 14.8. The maximum Gasteiger partial charge on any atom is 0.414 e. The molecule has 240 valence electrons. The molecule has 9 nitrogen and oxygen atoms in total. The summed E-state index contributed by atoms with van der Waals surface area (Å²) in [6.07, 6.45) is 0.748. The molecule has 11 heteroatoms. The zero-order valence-electron chi connectivity index (χ0n) is 26.4. The number of aromatic nitrogens is 2. The molecule has 1 fully saturated rings. The second-order valence-electron chi connectivity index (χ2n) is 12.3. The van der Waals surface area contributed by atoms with Crippen molar-refractivity contribution in [1.82, 2.24) is 14.9 Å². The van der Waals surface area contributed by atoms with Crippen molar-refractivity contribution in [3.63, 3.8) is 0 Å². The number of nitrogens with zero attached hydrogens (tertiary/aromatic N) is 1. The lowest BCUT2D eigenvalue weighted by Gasteiger charge is -2.43. The smallest absolute Gasteiger partial charge is 0.414 e. The van der Waals surface area contributed by atoms with Gasteiger partial charge in [0.05, 0.1) is 17.2 Å². The van der Waals surface area contributed by atoms with Gasteiger partial charge in [-0.05, 0) is 34.0 Å². The summed E-state index contributed by atoms with van der Waals surface area (Å²) in [7, 11) is -2.93. The number of ether oxygens (including phenoxy) is 1. The second kappa shape index (κ2) is 14.1. The van der Waals surface area contributed by atoms with Crippen LogP contribution in [-0.2, 0) is 15.6 Å². The lowest BCUT2D eigenvalue weighted by atomic mass is 10.2. The minimum Gasteiger partial charge on any atom is -0.445 e. The minimum absolute atomic E-state index is 0.220. The van der Waals surface area contributed by atoms with Crippen molar-refractivity contribution < 1.29 is 18.8 Å². The first kappa shape index (κ1) is 33.2. The number of H-pyrrole nitrogens is 1. The molecule has 1 saturated heterocycles. The molecule has 5 rings (SSSR count). The number of aryl methyl sites for hydroxylation is 1. The van der Waals surface area contributed by atoms with Crippen molar-refractivity contribution in [1.29, 1.82) is 0 Å². The molecule has 0 unspecified atom stereocenters. The van der Waals surface area contributed by atoms with Gasteiger partial charge in [-0.1, -0.05) is 107 Å². The Morgan fingerprint density at radius 1 is 0.935 bits per heavy atom. The number of aromatic amines is 1. The molecule has 0 spiro atoms. The molecule has 2 heterocycles. The van der Waals surface area contributed by atoms with Gasteiger partial charge in [-0.3, -0.25) is 24.5 Å². The SMILES string of the molecule is CCc1cn([C@H]2C[C@H](OC(=O)NC(=O)c3ccccc3)[C@@H](CO[Si](c3ccccc3)(c3ccccc3)C(C)(C)C)S2)c(=O)[nH]c1=O. The molecule has 0 bridgehead atoms. The number of alkyl carbamates (subject to hydrolysis) is 1. The van der Waals surface area contributed by atoms with E-state index >= 15 is 0 Å². The van der Waals surface area contributed by atoms with Gasteiger partial charge in [0.15, 0.2) is 0 Å². The molecule has 1 aromatic heterocycles. The molecule has 1 aliphatic heterocycles. The Bertz CT molecular complexity index is 1730. The average molecular weight is 658 g/mol. The number of hydrogen-bond acceptors (Lipinski definition) is 7. The molecule has 4 aromatic rings. The van der Waals surface area contributed by atoms with Gasteiger partial charge in [0.1, 0.15) is 6.10 Å². The molecular weight excluding hydrogens is 619 g/mol. The molecule has 0 aliphatic carbocycles. The van der Waals surface area contributed by atoms with Crippen LogP contribution in [-0.4, -0.2) is 47.8 Å². The highest BCUT2D eigenvalue weighted by Crippen LogP contribution is 2.44. The summed E-state index contributed by atoms with van der Waals surface area (Å²) in [5, 5.41) is 3.45. The molecule has 0 radical (unpaired) electrons. The van der Waals surface area contributed by atoms with Crippen molar-refractivity contribution in [3.8, 4) is 0 Å². The highest BCUT2D eigenvalue weighted by molar-refractivity contribution is 8.00. The van der Waals surface area contributed by atoms with E-state index in [1.165, 1.54) is 16.3 Å². The van der Waals surface area contributed by atoms with Gasteiger partial charge >= 0.3 is 11.8 Å². The Hall–Kier alpha value is -4.19. The second-order valence-corrected chi connectivity index (χ2v) is 18.0. The van der Waals surface area contributed by atoms with Crippen LogP contribution in [0.5, 0.6) is 0 Å². The first-order chi connectivity index (χ1) is 22.0. The largest absolute Gasteiger partial charge is 0.445 e. The average Bonchev–Trinajstić information content (AvgIpc) is 3.44. The van der Waals surface area contributed by atoms with Crippen LogP contribution in [0.1, 0.15) is 55.4 Å². The minimum atomic E-state index is -2.93. The Kier molecular flexibility index (Phi) is 10.1. The predicted molar refractivity (Wildman–Crippen MR) is 183 cm³/mol. The predicted octanol–water partition coefficient (Wildman–Crippen LogP) is 4.61. The zero-order chi connectivity index (χ0) is 32.9. The van der Waals surface area contributed by atoms with Crippen LogP contribution < -0.4 is 26.9 Å². The van der Waals surface area contributed by atoms with Crippen molar-refractivity contribution in [2.45, 2.75) is 62.3 Å². The molecule has 3 aromatic carbocycles. The van der Waals surface area contributed by atoms with Crippen LogP contribution in [0, 0.1) is 0 Å². The Labute approximate surface area is 273 Å². The number of hydrogen-bond donors (Lipinski definition) is 2. The summed E-state index contributed by atoms with van der Waals surface area (Å²) in [6, 6.07) is 28.9. The van der Waals surface area contributed by atoms with Crippen LogP contribution >= 0.6 is 11.8 Å². The first-order valence-electron chi connectivity index (χ1n) is 15.3. The van der Waals surface area contributed by atoms with E-state index in [0.29, 0.717) is 17.5 Å². The quantitative estimate of drug-likeness (QED) is 0.252. The van der Waals surface area contributed by atoms with E-state index in [-0.39, 0.29) is 23.3 Å². The number of nitrogens with one attached hydrogen (secondary N) is 2. The monoisotopic (exact) mass is 657 g/mol. The van der Waals surface area contributed by atoms with E-state index in [1.807, 2.05) is 43.3 Å². The third-order valence-electron chi connectivity index (χ3n) is 8.30. The van der Waals surface area contributed by atoms with Crippen LogP contribution in [0.25, 0.3) is 0 Å². The molecule has 3 atom stereocenters. The highest BCUT2D eigenvalue weighted by atomic mass is 32.2. The number of carbonyl (C=O) groups is 2. The highest BCUT2D eigenvalue weighted by Gasteiger charge is 2.51. The van der Waals surface area contributed by atoms with E-state index in [1.54, 1.807) is 36.5 Å². The lowest BCUT2D eigenvalue weighted by Crippen LogP contribution is -2.67. The van der Waals surface area contributed by atoms with E-state index in [0.717, 1.165) is 10.4 Å². The summed E-state index contributed by atoms with van der Waals surface area (Å²) in [5.41, 5.74) is -0.131. The number of benzene rings is 3. The zero-order valence-corrected chi connectivity index (χ0v) is 28.2. The Morgan fingerprint density at radius 3 is 2.04 bits per heavy atom. The van der Waals surface area contributed by atoms with Gasteiger partial charge in [0.2, 0.25) is 0 Å². The van der Waals surface area contributed by atoms with Crippen molar-refractivity contribution in [2.75, 3.05) is 6.61 Å². The van der Waals surface area contributed by atoms with Crippen LogP contribution in [0.3, 0.4) is 0 Å². The fraction of sp³-hybridized carbons (Fsp3) is 0.314. The number of rotatable bonds is 9. The number of carbonyl (C=O) groups excluding carboxylic acids is 2. The third kappa shape index (κ3) is 6.96. The maximum atomic E-state index is 13.1. The first-order valence-corrected chi connectivity index (χ1v) is 18.2. The topological polar surface area (TPSA) is 119 Å². The van der Waals surface area contributed by atoms with Crippen LogP contribution in [0.2, 0.25) is 5.04 Å². The van der Waals surface area contributed by atoms with Crippen molar-refractivity contribution >= 4 is 42.5 Å². The lowest BCUT2D eigenvalue weighted by molar-refractivity contribution is 0.0755. The molecular formula is C35H39N3O6SSi. The number of thioether (sulfide) groups is 1. The summed E-state index contributed by atoms with van der Waals surface area (Å²) in [5.74, 6) is -0.572. The van der Waals surface area contributed by atoms with E-state index in [2.05, 4.69) is 55.3 Å². The molecule has 2 amide bonds. The molecule has 0 saturated carbocycles. The van der Waals surface area contributed by atoms with E-state index in [4.69, 9.17) is 9.16 Å². The van der Waals surface area contributed by atoms with Gasteiger partial charge in [-0.25, -0.2) is 9.59 Å². The summed E-state index contributed by atoms with van der Waals surface area (Å²) >= 11 is 1.46. The van der Waals surface area contributed by atoms with E-state index < -0.39 is 43.0 Å². The van der Waals surface area contributed by atoms with E-state index in [9.17, 15) is 19.2 Å². The summed E-state index contributed by atoms with van der Waals surface area (Å²) < 4.78 is 14.6. The van der Waals surface area contributed by atoms with Gasteiger partial charge in [-0.15, -0.1) is 11.8 Å². The van der Waals surface area contributed by atoms with Gasteiger partial charge in [0, 0.05) is 23.7 Å². The van der Waals surface area contributed by atoms with Gasteiger partial charge in [0.25, 0.3) is 19.8 Å². The molecule has 46 heavy (non-hydrogen) atoms.